The summed E-state index contributed by atoms with van der Waals surface area (Å²) in [5.41, 5.74) is 2.07. The molecule has 7 heteroatoms. The van der Waals surface area contributed by atoms with Crippen LogP contribution in [0, 0.1) is 0 Å². The zero-order valence-corrected chi connectivity index (χ0v) is 12.9. The normalized spacial score (nSPS) is 11.6. The second-order valence-corrected chi connectivity index (χ2v) is 6.51. The van der Waals surface area contributed by atoms with Gasteiger partial charge in [0.15, 0.2) is 0 Å². The largest absolute Gasteiger partial charge is 0.497 e. The molecular weight excluding hydrogens is 323 g/mol. The van der Waals surface area contributed by atoms with Gasteiger partial charge in [0.2, 0.25) is 0 Å². The van der Waals surface area contributed by atoms with E-state index in [1.165, 1.54) is 0 Å². The molecule has 0 saturated carbocycles. The van der Waals surface area contributed by atoms with Gasteiger partial charge >= 0.3 is 0 Å². The Kier molecular flexibility index (Phi) is 4.68. The Morgan fingerprint density at radius 1 is 1.40 bits per heavy atom. The number of fused-ring (bicyclic) bond motifs is 1. The molecule has 0 bridgehead atoms. The molecule has 1 heterocycles. The van der Waals surface area contributed by atoms with Crippen LogP contribution in [0.15, 0.2) is 24.4 Å². The van der Waals surface area contributed by atoms with E-state index in [1.807, 2.05) is 24.4 Å². The molecule has 0 radical (unpaired) electrons. The maximum absolute atomic E-state index is 11.4. The van der Waals surface area contributed by atoms with E-state index in [1.54, 1.807) is 7.11 Å². The fourth-order valence-corrected chi connectivity index (χ4v) is 2.10. The summed E-state index contributed by atoms with van der Waals surface area (Å²) in [4.78, 5) is 14.6. The van der Waals surface area contributed by atoms with Gasteiger partial charge in [0.1, 0.15) is 5.75 Å². The summed E-state index contributed by atoms with van der Waals surface area (Å²) in [5.74, 6) is 0.156. The molecule has 2 aromatic rings. The molecule has 0 aliphatic heterocycles. The number of H-pyrrole nitrogens is 1. The zero-order valence-electron chi connectivity index (χ0n) is 10.7. The predicted octanol–water partition coefficient (Wildman–Crippen LogP) is 3.21. The number of hydrogen-bond donors (Lipinski definition) is 2. The van der Waals surface area contributed by atoms with Crippen LogP contribution >= 0.6 is 34.8 Å². The average Bonchev–Trinajstić information content (AvgIpc) is 2.80. The molecular formula is C13H13Cl3N2O2. The van der Waals surface area contributed by atoms with Crippen molar-refractivity contribution in [3.8, 4) is 5.75 Å². The minimum Gasteiger partial charge on any atom is -0.497 e. The molecule has 0 spiro atoms. The lowest BCUT2D eigenvalue weighted by Crippen LogP contribution is -2.35. The molecule has 20 heavy (non-hydrogen) atoms. The van der Waals surface area contributed by atoms with Crippen molar-refractivity contribution in [1.82, 2.24) is 10.3 Å². The number of alkyl halides is 3. The quantitative estimate of drug-likeness (QED) is 0.843. The summed E-state index contributed by atoms with van der Waals surface area (Å²) >= 11 is 16.4. The number of hydrogen-bond acceptors (Lipinski definition) is 2. The highest BCUT2D eigenvalue weighted by Crippen LogP contribution is 2.26. The highest BCUT2D eigenvalue weighted by atomic mass is 35.6. The Bertz CT molecular complexity index is 620. The number of carbonyl (C=O) groups excluding carboxylic acids is 1. The van der Waals surface area contributed by atoms with Gasteiger partial charge in [-0.15, -0.1) is 0 Å². The first-order chi connectivity index (χ1) is 9.41. The molecule has 0 fully saturated rings. The summed E-state index contributed by atoms with van der Waals surface area (Å²) < 4.78 is 3.27. The van der Waals surface area contributed by atoms with Gasteiger partial charge < -0.3 is 15.0 Å². The van der Waals surface area contributed by atoms with Crippen LogP contribution < -0.4 is 10.1 Å². The van der Waals surface area contributed by atoms with Crippen LogP contribution in [0.5, 0.6) is 5.75 Å². The molecule has 1 aromatic carbocycles. The van der Waals surface area contributed by atoms with Crippen molar-refractivity contribution in [2.75, 3.05) is 13.7 Å². The summed E-state index contributed by atoms with van der Waals surface area (Å²) in [6.07, 6.45) is 2.52. The van der Waals surface area contributed by atoms with Crippen molar-refractivity contribution in [2.24, 2.45) is 0 Å². The van der Waals surface area contributed by atoms with Gasteiger partial charge in [0.25, 0.3) is 9.70 Å². The number of carbonyl (C=O) groups is 1. The summed E-state index contributed by atoms with van der Waals surface area (Å²) in [5, 5.41) is 3.62. The number of methoxy groups -OCH3 is 1. The fourth-order valence-electron chi connectivity index (χ4n) is 1.90. The lowest BCUT2D eigenvalue weighted by atomic mass is 10.1. The van der Waals surface area contributed by atoms with Crippen molar-refractivity contribution < 1.29 is 9.53 Å². The van der Waals surface area contributed by atoms with Gasteiger partial charge in [-0.1, -0.05) is 34.8 Å². The van der Waals surface area contributed by atoms with Crippen molar-refractivity contribution in [2.45, 2.75) is 10.2 Å². The Morgan fingerprint density at radius 2 is 2.15 bits per heavy atom. The van der Waals surface area contributed by atoms with E-state index in [2.05, 4.69) is 10.3 Å². The van der Waals surface area contributed by atoms with E-state index < -0.39 is 9.70 Å². The highest BCUT2D eigenvalue weighted by molar-refractivity contribution is 6.76. The first kappa shape index (κ1) is 15.3. The molecule has 2 rings (SSSR count). The van der Waals surface area contributed by atoms with Crippen molar-refractivity contribution >= 4 is 51.6 Å². The van der Waals surface area contributed by atoms with Crippen LogP contribution in [-0.2, 0) is 11.2 Å². The van der Waals surface area contributed by atoms with Gasteiger partial charge in [-0.25, -0.2) is 0 Å². The monoisotopic (exact) mass is 334 g/mol. The summed E-state index contributed by atoms with van der Waals surface area (Å²) in [7, 11) is 1.62. The van der Waals surface area contributed by atoms with Crippen molar-refractivity contribution in [1.29, 1.82) is 0 Å². The molecule has 2 N–H and O–H groups in total. The first-order valence-electron chi connectivity index (χ1n) is 5.91. The van der Waals surface area contributed by atoms with Gasteiger partial charge in [-0.3, -0.25) is 4.79 Å². The summed E-state index contributed by atoms with van der Waals surface area (Å²) in [6.45, 7) is 0.386. The third-order valence-corrected chi connectivity index (χ3v) is 3.43. The third kappa shape index (κ3) is 3.51. The van der Waals surface area contributed by atoms with Crippen molar-refractivity contribution in [3.05, 3.63) is 30.0 Å². The van der Waals surface area contributed by atoms with Crippen molar-refractivity contribution in [3.63, 3.8) is 0 Å². The Morgan fingerprint density at radius 3 is 2.80 bits per heavy atom. The van der Waals surface area contributed by atoms with E-state index in [0.29, 0.717) is 13.0 Å². The topological polar surface area (TPSA) is 54.1 Å². The van der Waals surface area contributed by atoms with Gasteiger partial charge in [0, 0.05) is 23.6 Å². The van der Waals surface area contributed by atoms with E-state index in [0.717, 1.165) is 22.2 Å². The molecule has 0 aliphatic carbocycles. The molecule has 1 amide bonds. The average molecular weight is 336 g/mol. The van der Waals surface area contributed by atoms with Gasteiger partial charge in [-0.2, -0.15) is 0 Å². The first-order valence-corrected chi connectivity index (χ1v) is 7.04. The van der Waals surface area contributed by atoms with Gasteiger partial charge in [-0.05, 0) is 30.2 Å². The minimum atomic E-state index is -1.93. The van der Waals surface area contributed by atoms with Crippen LogP contribution in [0.4, 0.5) is 0 Å². The lowest BCUT2D eigenvalue weighted by Gasteiger charge is -2.10. The number of aromatic amines is 1. The van der Waals surface area contributed by atoms with E-state index in [9.17, 15) is 4.79 Å². The molecule has 4 nitrogen and oxygen atoms in total. The second kappa shape index (κ2) is 6.12. The Balaban J connectivity index is 2.05. The number of ether oxygens (including phenoxy) is 1. The lowest BCUT2D eigenvalue weighted by molar-refractivity contribution is -0.120. The van der Waals surface area contributed by atoms with E-state index in [4.69, 9.17) is 39.5 Å². The van der Waals surface area contributed by atoms with E-state index >= 15 is 0 Å². The van der Waals surface area contributed by atoms with E-state index in [-0.39, 0.29) is 0 Å². The van der Waals surface area contributed by atoms with Crippen LogP contribution in [0.25, 0.3) is 10.9 Å². The third-order valence-electron chi connectivity index (χ3n) is 2.91. The van der Waals surface area contributed by atoms with Crippen LogP contribution in [0.1, 0.15) is 5.56 Å². The maximum atomic E-state index is 11.4. The number of rotatable bonds is 4. The number of benzene rings is 1. The zero-order chi connectivity index (χ0) is 14.8. The van der Waals surface area contributed by atoms with Crippen LogP contribution in [0.3, 0.4) is 0 Å². The van der Waals surface area contributed by atoms with Gasteiger partial charge in [0.05, 0.1) is 7.11 Å². The molecule has 0 aliphatic rings. The maximum Gasteiger partial charge on any atom is 0.272 e. The standard InChI is InChI=1S/C13H13Cl3N2O2/c1-20-9-2-3-11-10(6-9)8(7-18-11)4-5-17-12(19)13(14,15)16/h2-3,6-7,18H,4-5H2,1H3,(H,17,19). The molecule has 0 unspecified atom stereocenters. The Hall–Kier alpha value is -1.10. The number of halogens is 3. The highest BCUT2D eigenvalue weighted by Gasteiger charge is 2.29. The smallest absolute Gasteiger partial charge is 0.272 e. The summed E-state index contributed by atoms with van der Waals surface area (Å²) in [6, 6.07) is 5.77. The van der Waals surface area contributed by atoms with Crippen LogP contribution in [0.2, 0.25) is 0 Å². The SMILES string of the molecule is COc1ccc2[nH]cc(CCNC(=O)C(Cl)(Cl)Cl)c2c1. The fraction of sp³-hybridized carbons (Fsp3) is 0.308. The molecule has 0 saturated heterocycles. The number of aromatic nitrogens is 1. The predicted molar refractivity (Wildman–Crippen MR) is 81.9 cm³/mol. The molecule has 1 aromatic heterocycles. The number of amides is 1. The second-order valence-electron chi connectivity index (χ2n) is 4.23. The van der Waals surface area contributed by atoms with Crippen LogP contribution in [-0.4, -0.2) is 28.3 Å². The minimum absolute atomic E-state index is 0.386. The number of nitrogens with one attached hydrogen (secondary N) is 2. The molecule has 108 valence electrons. The molecule has 0 atom stereocenters. The Labute approximate surface area is 131 Å².